The second-order valence-electron chi connectivity index (χ2n) is 7.24. The number of pyridine rings is 2. The highest BCUT2D eigenvalue weighted by Crippen LogP contribution is 2.37. The maximum atomic E-state index is 13.6. The monoisotopic (exact) mass is 441 g/mol. The molecule has 0 bridgehead atoms. The summed E-state index contributed by atoms with van der Waals surface area (Å²) >= 11 is 0. The molecule has 0 unspecified atom stereocenters. The third kappa shape index (κ3) is 4.39. The van der Waals surface area contributed by atoms with Gasteiger partial charge in [-0.3, -0.25) is 14.6 Å². The van der Waals surface area contributed by atoms with E-state index < -0.39 is 17.6 Å². The lowest BCUT2D eigenvalue weighted by atomic mass is 10.1. The number of rotatable bonds is 5. The molecule has 0 radical (unpaired) electrons. The summed E-state index contributed by atoms with van der Waals surface area (Å²) in [5.74, 6) is -0.182. The van der Waals surface area contributed by atoms with Crippen molar-refractivity contribution in [3.05, 3.63) is 71.2 Å². The predicted molar refractivity (Wildman–Crippen MR) is 112 cm³/mol. The lowest BCUT2D eigenvalue weighted by Gasteiger charge is -2.17. The Bertz CT molecular complexity index is 1210. The van der Waals surface area contributed by atoms with Crippen molar-refractivity contribution in [2.45, 2.75) is 19.0 Å². The summed E-state index contributed by atoms with van der Waals surface area (Å²) in [4.78, 5) is 31.5. The van der Waals surface area contributed by atoms with Crippen LogP contribution in [0.3, 0.4) is 0 Å². The molecule has 2 heterocycles. The first kappa shape index (κ1) is 21.3. The zero-order chi connectivity index (χ0) is 22.9. The number of ketones is 1. The van der Waals surface area contributed by atoms with E-state index in [2.05, 4.69) is 25.9 Å². The van der Waals surface area contributed by atoms with Gasteiger partial charge in [-0.25, -0.2) is 4.98 Å². The average molecular weight is 441 g/mol. The van der Waals surface area contributed by atoms with Crippen LogP contribution in [0.2, 0.25) is 0 Å². The van der Waals surface area contributed by atoms with Crippen molar-refractivity contribution in [2.75, 3.05) is 17.7 Å². The smallest absolute Gasteiger partial charge is 0.355 e. The lowest BCUT2D eigenvalue weighted by molar-refractivity contribution is -0.137. The Kier molecular flexibility index (Phi) is 5.52. The van der Waals surface area contributed by atoms with Crippen molar-refractivity contribution in [2.24, 2.45) is 0 Å². The number of carbonyl (C=O) groups is 2. The van der Waals surface area contributed by atoms with Crippen LogP contribution >= 0.6 is 0 Å². The molecule has 32 heavy (non-hydrogen) atoms. The molecule has 10 heteroatoms. The number of aromatic nitrogens is 2. The van der Waals surface area contributed by atoms with Crippen molar-refractivity contribution < 1.29 is 22.8 Å². The predicted octanol–water partition coefficient (Wildman–Crippen LogP) is 4.01. The number of alkyl halides is 3. The van der Waals surface area contributed by atoms with E-state index in [0.717, 1.165) is 17.3 Å². The summed E-state index contributed by atoms with van der Waals surface area (Å²) < 4.78 is 40.8. The van der Waals surface area contributed by atoms with Crippen LogP contribution < -0.4 is 16.0 Å². The molecule has 0 fully saturated rings. The van der Waals surface area contributed by atoms with E-state index in [-0.39, 0.29) is 28.5 Å². The number of hydrogen-bond acceptors (Lipinski definition) is 6. The minimum Gasteiger partial charge on any atom is -0.355 e. The SMILES string of the molecule is CNC(=O)c1ccncc1Nc1cc(Nc2ccc3c(c2)CC(=O)C3)ncc1C(F)(F)F. The van der Waals surface area contributed by atoms with Gasteiger partial charge in [0, 0.05) is 44.0 Å². The largest absolute Gasteiger partial charge is 0.419 e. The molecule has 1 aliphatic rings. The van der Waals surface area contributed by atoms with Gasteiger partial charge in [0.2, 0.25) is 0 Å². The minimum absolute atomic E-state index is 0.116. The summed E-state index contributed by atoms with van der Waals surface area (Å²) in [6.07, 6.45) is -0.578. The number of Topliss-reactive ketones (excluding diaryl/α,β-unsaturated/α-hetero) is 1. The number of halogens is 3. The number of carbonyl (C=O) groups excluding carboxylic acids is 2. The van der Waals surface area contributed by atoms with E-state index in [1.165, 1.54) is 31.6 Å². The second-order valence-corrected chi connectivity index (χ2v) is 7.24. The van der Waals surface area contributed by atoms with Crippen molar-refractivity contribution in [3.8, 4) is 0 Å². The summed E-state index contributed by atoms with van der Waals surface area (Å²) in [6, 6.07) is 7.96. The Morgan fingerprint density at radius 2 is 1.78 bits per heavy atom. The zero-order valence-corrected chi connectivity index (χ0v) is 16.9. The fourth-order valence-corrected chi connectivity index (χ4v) is 3.50. The molecular formula is C22H18F3N5O2. The van der Waals surface area contributed by atoms with Crippen LogP contribution in [0.15, 0.2) is 48.9 Å². The number of nitrogens with zero attached hydrogens (tertiary/aromatic N) is 2. The fourth-order valence-electron chi connectivity index (χ4n) is 3.50. The number of nitrogens with one attached hydrogen (secondary N) is 3. The van der Waals surface area contributed by atoms with E-state index in [1.54, 1.807) is 12.1 Å². The third-order valence-corrected chi connectivity index (χ3v) is 5.03. The lowest BCUT2D eigenvalue weighted by Crippen LogP contribution is -2.19. The van der Waals surface area contributed by atoms with Crippen molar-refractivity contribution in [1.82, 2.24) is 15.3 Å². The topological polar surface area (TPSA) is 96.0 Å². The Balaban J connectivity index is 1.68. The molecule has 4 rings (SSSR count). The Morgan fingerprint density at radius 1 is 1.00 bits per heavy atom. The first-order chi connectivity index (χ1) is 15.2. The molecule has 0 atom stereocenters. The highest BCUT2D eigenvalue weighted by molar-refractivity contribution is 6.00. The maximum absolute atomic E-state index is 13.6. The molecule has 3 aromatic rings. The van der Waals surface area contributed by atoms with Crippen molar-refractivity contribution >= 4 is 34.6 Å². The Labute approximate surface area is 181 Å². The van der Waals surface area contributed by atoms with Crippen LogP contribution in [0.25, 0.3) is 0 Å². The molecule has 0 saturated heterocycles. The molecule has 0 aliphatic heterocycles. The third-order valence-electron chi connectivity index (χ3n) is 5.03. The van der Waals surface area contributed by atoms with Crippen LogP contribution in [0, 0.1) is 0 Å². The summed E-state index contributed by atoms with van der Waals surface area (Å²) in [5.41, 5.74) is 1.41. The molecular weight excluding hydrogens is 423 g/mol. The normalized spacial score (nSPS) is 12.9. The van der Waals surface area contributed by atoms with Gasteiger partial charge in [0.25, 0.3) is 5.91 Å². The zero-order valence-electron chi connectivity index (χ0n) is 16.9. The molecule has 0 spiro atoms. The van der Waals surface area contributed by atoms with Crippen LogP contribution in [0.4, 0.5) is 36.1 Å². The standard InChI is InChI=1S/C22H18F3N5O2/c1-26-21(32)16-4-5-27-11-19(16)30-18-9-20(28-10-17(18)22(23,24)25)29-14-3-2-12-7-15(31)8-13(12)6-14/h2-6,9-11H,7-8H2,1H3,(H,26,32)(H2,28,29,30). The van der Waals surface area contributed by atoms with Gasteiger partial charge in [0.15, 0.2) is 0 Å². The average Bonchev–Trinajstić information content (AvgIpc) is 3.12. The molecule has 2 aromatic heterocycles. The van der Waals surface area contributed by atoms with E-state index in [0.29, 0.717) is 18.5 Å². The first-order valence-corrected chi connectivity index (χ1v) is 9.65. The highest BCUT2D eigenvalue weighted by Gasteiger charge is 2.34. The molecule has 1 amide bonds. The van der Waals surface area contributed by atoms with Gasteiger partial charge in [0.1, 0.15) is 11.6 Å². The van der Waals surface area contributed by atoms with E-state index in [9.17, 15) is 22.8 Å². The number of fused-ring (bicyclic) bond motifs is 1. The summed E-state index contributed by atoms with van der Waals surface area (Å²) in [7, 11) is 1.42. The fraction of sp³-hybridized carbons (Fsp3) is 0.182. The quantitative estimate of drug-likeness (QED) is 0.554. The number of anilines is 4. The van der Waals surface area contributed by atoms with Crippen LogP contribution in [0.5, 0.6) is 0 Å². The first-order valence-electron chi connectivity index (χ1n) is 9.65. The minimum atomic E-state index is -4.67. The molecule has 1 aliphatic carbocycles. The maximum Gasteiger partial charge on any atom is 0.419 e. The number of hydrogen-bond donors (Lipinski definition) is 3. The van der Waals surface area contributed by atoms with Crippen molar-refractivity contribution in [3.63, 3.8) is 0 Å². The summed E-state index contributed by atoms with van der Waals surface area (Å²) in [5, 5.41) is 8.09. The highest BCUT2D eigenvalue weighted by atomic mass is 19.4. The van der Waals surface area contributed by atoms with Crippen LogP contribution in [-0.2, 0) is 23.8 Å². The van der Waals surface area contributed by atoms with Crippen LogP contribution in [-0.4, -0.2) is 28.7 Å². The van der Waals surface area contributed by atoms with E-state index in [1.807, 2.05) is 6.07 Å². The molecule has 1 aromatic carbocycles. The van der Waals surface area contributed by atoms with Crippen molar-refractivity contribution in [1.29, 1.82) is 0 Å². The molecule has 3 N–H and O–H groups in total. The van der Waals surface area contributed by atoms with E-state index in [4.69, 9.17) is 0 Å². The van der Waals surface area contributed by atoms with Gasteiger partial charge in [-0.05, 0) is 29.3 Å². The molecule has 0 saturated carbocycles. The molecule has 7 nitrogen and oxygen atoms in total. The van der Waals surface area contributed by atoms with E-state index >= 15 is 0 Å². The number of benzene rings is 1. The van der Waals surface area contributed by atoms with Gasteiger partial charge in [0.05, 0.1) is 28.7 Å². The molecule has 164 valence electrons. The van der Waals surface area contributed by atoms with Crippen LogP contribution in [0.1, 0.15) is 27.0 Å². The van der Waals surface area contributed by atoms with Gasteiger partial charge >= 0.3 is 6.18 Å². The Morgan fingerprint density at radius 3 is 2.53 bits per heavy atom. The van der Waals surface area contributed by atoms with Gasteiger partial charge in [-0.1, -0.05) is 6.07 Å². The van der Waals surface area contributed by atoms with Gasteiger partial charge in [-0.2, -0.15) is 13.2 Å². The number of amides is 1. The van der Waals surface area contributed by atoms with Gasteiger partial charge in [-0.15, -0.1) is 0 Å². The Hall–Kier alpha value is -3.95. The summed E-state index contributed by atoms with van der Waals surface area (Å²) in [6.45, 7) is 0. The van der Waals surface area contributed by atoms with Gasteiger partial charge < -0.3 is 16.0 Å². The second kappa shape index (κ2) is 8.29.